The summed E-state index contributed by atoms with van der Waals surface area (Å²) in [5, 5.41) is 20.6. The van der Waals surface area contributed by atoms with Gasteiger partial charge in [-0.1, -0.05) is 31.5 Å². The van der Waals surface area contributed by atoms with Crippen molar-refractivity contribution in [2.24, 2.45) is 0 Å². The first-order valence-electron chi connectivity index (χ1n) is 7.48. The second-order valence-electron chi connectivity index (χ2n) is 6.55. The molecule has 2 N–H and O–H groups in total. The van der Waals surface area contributed by atoms with E-state index in [1.54, 1.807) is 12.1 Å². The lowest BCUT2D eigenvalue weighted by Crippen LogP contribution is -2.30. The number of aromatic amines is 1. The van der Waals surface area contributed by atoms with Crippen molar-refractivity contribution < 1.29 is 9.90 Å². The zero-order valence-electron chi connectivity index (χ0n) is 13.1. The third-order valence-electron chi connectivity index (χ3n) is 4.79. The van der Waals surface area contributed by atoms with Gasteiger partial charge in [-0.3, -0.25) is 4.79 Å². The summed E-state index contributed by atoms with van der Waals surface area (Å²) in [6, 6.07) is 10.3. The summed E-state index contributed by atoms with van der Waals surface area (Å²) in [5.74, 6) is -0.260. The molecule has 5 heteroatoms. The number of phenolic OH excluding ortho intramolecular Hbond substituents is 1. The second-order valence-corrected chi connectivity index (χ2v) is 6.98. The van der Waals surface area contributed by atoms with Crippen LogP contribution in [0, 0.1) is 11.3 Å². The summed E-state index contributed by atoms with van der Waals surface area (Å²) in [6.07, 6.45) is 0. The molecular weight excluding hydrogens is 324 g/mol. The van der Waals surface area contributed by atoms with Gasteiger partial charge in [0.05, 0.1) is 11.1 Å². The number of fused-ring (bicyclic) bond motifs is 4. The summed E-state index contributed by atoms with van der Waals surface area (Å²) >= 11 is 6.07. The predicted molar refractivity (Wildman–Crippen MR) is 91.7 cm³/mol. The molecule has 24 heavy (non-hydrogen) atoms. The van der Waals surface area contributed by atoms with Crippen molar-refractivity contribution in [2.75, 3.05) is 0 Å². The lowest BCUT2D eigenvalue weighted by Gasteiger charge is -2.32. The number of aromatic nitrogens is 1. The summed E-state index contributed by atoms with van der Waals surface area (Å²) in [4.78, 5) is 16.4. The molecule has 1 heterocycles. The van der Waals surface area contributed by atoms with Gasteiger partial charge in [-0.05, 0) is 29.8 Å². The lowest BCUT2D eigenvalue weighted by molar-refractivity contribution is 0.103. The van der Waals surface area contributed by atoms with Crippen molar-refractivity contribution in [1.82, 2.24) is 4.98 Å². The SMILES string of the molecule is CC1(C)c2cc(O)c(C#N)cc2C(=O)c2c1[nH]c1cc(Cl)ccc21. The average Bonchev–Trinajstić information content (AvgIpc) is 2.92. The molecule has 4 nitrogen and oxygen atoms in total. The highest BCUT2D eigenvalue weighted by atomic mass is 35.5. The number of aromatic hydroxyl groups is 1. The number of nitrogens with zero attached hydrogens (tertiary/aromatic N) is 1. The minimum Gasteiger partial charge on any atom is -0.507 e. The number of hydrogen-bond donors (Lipinski definition) is 2. The highest BCUT2D eigenvalue weighted by Gasteiger charge is 2.40. The maximum absolute atomic E-state index is 13.1. The number of rotatable bonds is 0. The van der Waals surface area contributed by atoms with Crippen LogP contribution in [0.25, 0.3) is 10.9 Å². The molecule has 0 unspecified atom stereocenters. The van der Waals surface area contributed by atoms with Crippen LogP contribution in [0.15, 0.2) is 30.3 Å². The number of carbonyl (C=O) groups is 1. The normalized spacial score (nSPS) is 15.0. The van der Waals surface area contributed by atoms with E-state index in [2.05, 4.69) is 4.98 Å². The molecule has 0 spiro atoms. The van der Waals surface area contributed by atoms with E-state index < -0.39 is 5.41 Å². The summed E-state index contributed by atoms with van der Waals surface area (Å²) in [5.41, 5.74) is 2.94. The third kappa shape index (κ3) is 1.76. The van der Waals surface area contributed by atoms with Crippen LogP contribution in [0.3, 0.4) is 0 Å². The van der Waals surface area contributed by atoms with Crippen molar-refractivity contribution in [3.8, 4) is 11.8 Å². The molecule has 0 saturated heterocycles. The highest BCUT2D eigenvalue weighted by Crippen LogP contribution is 2.45. The maximum atomic E-state index is 13.1. The quantitative estimate of drug-likeness (QED) is 0.643. The molecule has 0 fully saturated rings. The van der Waals surface area contributed by atoms with Crippen LogP contribution in [0.4, 0.5) is 0 Å². The minimum atomic E-state index is -0.518. The molecule has 1 aromatic heterocycles. The first-order valence-corrected chi connectivity index (χ1v) is 7.86. The van der Waals surface area contributed by atoms with Crippen molar-refractivity contribution in [2.45, 2.75) is 19.3 Å². The Kier molecular flexibility index (Phi) is 2.85. The van der Waals surface area contributed by atoms with Crippen molar-refractivity contribution in [1.29, 1.82) is 5.26 Å². The number of nitriles is 1. The number of nitrogens with one attached hydrogen (secondary N) is 1. The summed E-state index contributed by atoms with van der Waals surface area (Å²) < 4.78 is 0. The van der Waals surface area contributed by atoms with E-state index in [4.69, 9.17) is 16.9 Å². The van der Waals surface area contributed by atoms with E-state index in [0.29, 0.717) is 21.7 Å². The van der Waals surface area contributed by atoms with Gasteiger partial charge >= 0.3 is 0 Å². The summed E-state index contributed by atoms with van der Waals surface area (Å²) in [6.45, 7) is 3.97. The molecule has 2 aromatic carbocycles. The fourth-order valence-electron chi connectivity index (χ4n) is 3.53. The monoisotopic (exact) mass is 336 g/mol. The third-order valence-corrected chi connectivity index (χ3v) is 5.02. The number of ketones is 1. The fraction of sp³-hybridized carbons (Fsp3) is 0.158. The minimum absolute atomic E-state index is 0.101. The van der Waals surface area contributed by atoms with Crippen LogP contribution in [0.2, 0.25) is 5.02 Å². The molecule has 0 saturated carbocycles. The Labute approximate surface area is 143 Å². The van der Waals surface area contributed by atoms with E-state index in [0.717, 1.165) is 16.6 Å². The maximum Gasteiger partial charge on any atom is 0.195 e. The Morgan fingerprint density at radius 2 is 2.00 bits per heavy atom. The Morgan fingerprint density at radius 3 is 2.71 bits per heavy atom. The molecular formula is C19H13ClN2O2. The van der Waals surface area contributed by atoms with Crippen LogP contribution in [-0.2, 0) is 5.41 Å². The van der Waals surface area contributed by atoms with Gasteiger partial charge < -0.3 is 10.1 Å². The average molecular weight is 337 g/mol. The van der Waals surface area contributed by atoms with E-state index >= 15 is 0 Å². The first kappa shape index (κ1) is 14.8. The highest BCUT2D eigenvalue weighted by molar-refractivity contribution is 6.31. The van der Waals surface area contributed by atoms with Crippen LogP contribution in [0.5, 0.6) is 5.75 Å². The van der Waals surface area contributed by atoms with Gasteiger partial charge in [0.15, 0.2) is 5.78 Å². The smallest absolute Gasteiger partial charge is 0.195 e. The van der Waals surface area contributed by atoms with Crippen LogP contribution < -0.4 is 0 Å². The van der Waals surface area contributed by atoms with Crippen molar-refractivity contribution in [3.63, 3.8) is 0 Å². The van der Waals surface area contributed by atoms with Crippen molar-refractivity contribution in [3.05, 3.63) is 63.3 Å². The number of carbonyl (C=O) groups excluding carboxylic acids is 1. The zero-order chi connectivity index (χ0) is 17.2. The topological polar surface area (TPSA) is 76.9 Å². The molecule has 1 aliphatic rings. The van der Waals surface area contributed by atoms with Crippen molar-refractivity contribution >= 4 is 28.3 Å². The number of H-pyrrole nitrogens is 1. The van der Waals surface area contributed by atoms with Crippen LogP contribution >= 0.6 is 11.6 Å². The fourth-order valence-corrected chi connectivity index (χ4v) is 3.70. The Morgan fingerprint density at radius 1 is 1.25 bits per heavy atom. The molecule has 0 bridgehead atoms. The standard InChI is InChI=1S/C19H13ClN2O2/c1-19(2)13-7-15(23)9(8-21)5-12(13)17(24)16-11-4-3-10(20)6-14(11)22-18(16)19/h3-7,22-23H,1-2H3. The molecule has 118 valence electrons. The molecule has 3 aromatic rings. The Balaban J connectivity index is 2.11. The largest absolute Gasteiger partial charge is 0.507 e. The molecule has 0 aliphatic heterocycles. The van der Waals surface area contributed by atoms with Gasteiger partial charge in [0.1, 0.15) is 11.8 Å². The van der Waals surface area contributed by atoms with Gasteiger partial charge in [0.25, 0.3) is 0 Å². The van der Waals surface area contributed by atoms with Gasteiger partial charge in [-0.15, -0.1) is 0 Å². The number of hydrogen-bond acceptors (Lipinski definition) is 3. The molecule has 1 aliphatic carbocycles. The van der Waals surface area contributed by atoms with E-state index in [-0.39, 0.29) is 17.1 Å². The van der Waals surface area contributed by atoms with E-state index in [9.17, 15) is 9.90 Å². The van der Waals surface area contributed by atoms with E-state index in [1.165, 1.54) is 12.1 Å². The molecule has 0 amide bonds. The van der Waals surface area contributed by atoms with Crippen LogP contribution in [0.1, 0.15) is 46.6 Å². The first-order chi connectivity index (χ1) is 11.3. The van der Waals surface area contributed by atoms with Gasteiger partial charge in [0, 0.05) is 32.6 Å². The van der Waals surface area contributed by atoms with Gasteiger partial charge in [-0.25, -0.2) is 0 Å². The number of phenols is 1. The summed E-state index contributed by atoms with van der Waals surface area (Å²) in [7, 11) is 0. The predicted octanol–water partition coefficient (Wildman–Crippen LogP) is 4.27. The number of halogens is 1. The molecule has 0 radical (unpaired) electrons. The lowest BCUT2D eigenvalue weighted by atomic mass is 9.71. The molecule has 4 rings (SSSR count). The van der Waals surface area contributed by atoms with Crippen LogP contribution in [-0.4, -0.2) is 15.9 Å². The second kappa shape index (κ2) is 4.62. The van der Waals surface area contributed by atoms with Gasteiger partial charge in [-0.2, -0.15) is 5.26 Å². The number of benzene rings is 2. The van der Waals surface area contributed by atoms with E-state index in [1.807, 2.05) is 26.0 Å². The Bertz CT molecular complexity index is 1090. The Hall–Kier alpha value is -2.77. The zero-order valence-corrected chi connectivity index (χ0v) is 13.8. The van der Waals surface area contributed by atoms with Gasteiger partial charge in [0.2, 0.25) is 0 Å². The molecule has 0 atom stereocenters.